The number of halogens is 1. The predicted octanol–water partition coefficient (Wildman–Crippen LogP) is 2.80. The third-order valence-electron chi connectivity index (χ3n) is 1.82. The van der Waals surface area contributed by atoms with Gasteiger partial charge in [0.1, 0.15) is 6.61 Å². The normalized spacial score (nSPS) is 8.94. The number of benzene rings is 1. The quantitative estimate of drug-likeness (QED) is 0.356. The largest absolute Gasteiger partial charge is 0.484 e. The van der Waals surface area contributed by atoms with E-state index >= 15 is 0 Å². The van der Waals surface area contributed by atoms with Gasteiger partial charge in [0.15, 0.2) is 5.90 Å². The number of carbonyl (C=O) groups excluding carboxylic acids is 1. The first-order chi connectivity index (χ1) is 8.22. The zero-order valence-corrected chi connectivity index (χ0v) is 13.0. The number of hydrogen-bond donors (Lipinski definition) is 2. The Morgan fingerprint density at radius 1 is 1.39 bits per heavy atom. The molecule has 0 unspecified atom stereocenters. The zero-order chi connectivity index (χ0) is 12.5. The van der Waals surface area contributed by atoms with E-state index in [0.717, 1.165) is 17.5 Å². The average Bonchev–Trinajstić information content (AvgIpc) is 2.37. The molecule has 0 heterocycles. The van der Waals surface area contributed by atoms with Gasteiger partial charge >= 0.3 is 6.09 Å². The highest BCUT2D eigenvalue weighted by Gasteiger charge is 2.03. The third-order valence-corrected chi connectivity index (χ3v) is 2.54. The number of ether oxygens (including phenoxy) is 2. The summed E-state index contributed by atoms with van der Waals surface area (Å²) in [7, 11) is 1.41. The average molecular weight is 382 g/mol. The highest BCUT2D eigenvalue weighted by Crippen LogP contribution is 2.02. The molecule has 0 fully saturated rings. The Morgan fingerprint density at radius 3 is 2.67 bits per heavy atom. The van der Waals surface area contributed by atoms with Gasteiger partial charge in [-0.1, -0.05) is 30.3 Å². The number of nitrogens with one attached hydrogen (secondary N) is 2. The van der Waals surface area contributed by atoms with Crippen LogP contribution < -0.4 is 4.72 Å². The summed E-state index contributed by atoms with van der Waals surface area (Å²) in [4.78, 5) is 11.2. The molecule has 2 N–H and O–H groups in total. The third kappa shape index (κ3) is 7.38. The SMILES string of the molecule is COC(=N)CSNC(=O)OCc1ccccc1.I. The van der Waals surface area contributed by atoms with E-state index in [0.29, 0.717) is 0 Å². The molecule has 0 saturated heterocycles. The molecule has 0 spiro atoms. The Hall–Kier alpha value is -0.960. The Morgan fingerprint density at radius 2 is 2.06 bits per heavy atom. The molecule has 0 aliphatic rings. The van der Waals surface area contributed by atoms with E-state index in [2.05, 4.69) is 9.46 Å². The van der Waals surface area contributed by atoms with Crippen molar-refractivity contribution in [2.45, 2.75) is 6.61 Å². The first-order valence-corrected chi connectivity index (χ1v) is 5.91. The van der Waals surface area contributed by atoms with Crippen molar-refractivity contribution in [3.05, 3.63) is 35.9 Å². The molecule has 1 amide bonds. The lowest BCUT2D eigenvalue weighted by Crippen LogP contribution is -2.19. The van der Waals surface area contributed by atoms with Crippen molar-refractivity contribution in [1.29, 1.82) is 5.41 Å². The van der Waals surface area contributed by atoms with Gasteiger partial charge in [0, 0.05) is 0 Å². The van der Waals surface area contributed by atoms with Crippen molar-refractivity contribution in [3.8, 4) is 0 Å². The minimum Gasteiger partial charge on any atom is -0.484 e. The molecule has 1 aromatic carbocycles. The summed E-state index contributed by atoms with van der Waals surface area (Å²) in [5.74, 6) is 0.370. The molecule has 0 radical (unpaired) electrons. The number of rotatable bonds is 5. The molecule has 0 aliphatic heterocycles. The smallest absolute Gasteiger partial charge is 0.417 e. The second-order valence-corrected chi connectivity index (χ2v) is 3.86. The molecule has 0 saturated carbocycles. The lowest BCUT2D eigenvalue weighted by atomic mass is 10.2. The Kier molecular flexibility index (Phi) is 9.47. The van der Waals surface area contributed by atoms with E-state index in [1.54, 1.807) is 0 Å². The van der Waals surface area contributed by atoms with Crippen molar-refractivity contribution in [3.63, 3.8) is 0 Å². The van der Waals surface area contributed by atoms with Crippen LogP contribution in [-0.2, 0) is 16.1 Å². The molecule has 100 valence electrons. The fourth-order valence-corrected chi connectivity index (χ4v) is 1.47. The lowest BCUT2D eigenvalue weighted by Gasteiger charge is -2.06. The second-order valence-electron chi connectivity index (χ2n) is 3.08. The van der Waals surface area contributed by atoms with Gasteiger partial charge in [0.05, 0.1) is 12.9 Å². The summed E-state index contributed by atoms with van der Waals surface area (Å²) < 4.78 is 12.0. The van der Waals surface area contributed by atoms with Crippen LogP contribution in [0.1, 0.15) is 5.56 Å². The molecule has 5 nitrogen and oxygen atoms in total. The first-order valence-electron chi connectivity index (χ1n) is 4.92. The highest BCUT2D eigenvalue weighted by atomic mass is 127. The summed E-state index contributed by atoms with van der Waals surface area (Å²) in [6, 6.07) is 9.41. The number of carbonyl (C=O) groups is 1. The van der Waals surface area contributed by atoms with Gasteiger partial charge < -0.3 is 9.47 Å². The van der Waals surface area contributed by atoms with Crippen molar-refractivity contribution in [2.24, 2.45) is 0 Å². The van der Waals surface area contributed by atoms with Gasteiger partial charge in [0.25, 0.3) is 0 Å². The van der Waals surface area contributed by atoms with Crippen LogP contribution >= 0.6 is 35.9 Å². The molecule has 7 heteroatoms. The molecule has 18 heavy (non-hydrogen) atoms. The molecule has 0 aliphatic carbocycles. The first kappa shape index (κ1) is 17.0. The summed E-state index contributed by atoms with van der Waals surface area (Å²) in [5.41, 5.74) is 0.928. The van der Waals surface area contributed by atoms with Gasteiger partial charge in [-0.2, -0.15) is 0 Å². The van der Waals surface area contributed by atoms with Crippen LogP contribution in [-0.4, -0.2) is 24.9 Å². The van der Waals surface area contributed by atoms with E-state index in [1.807, 2.05) is 30.3 Å². The van der Waals surface area contributed by atoms with Crippen molar-refractivity contribution < 1.29 is 14.3 Å². The number of hydrogen-bond acceptors (Lipinski definition) is 5. The van der Waals surface area contributed by atoms with E-state index in [4.69, 9.17) is 10.1 Å². The Bertz CT molecular complexity index is 376. The summed E-state index contributed by atoms with van der Waals surface area (Å²) in [6.07, 6.45) is -0.525. The summed E-state index contributed by atoms with van der Waals surface area (Å²) >= 11 is 1.06. The minimum absolute atomic E-state index is 0. The van der Waals surface area contributed by atoms with Crippen LogP contribution in [0, 0.1) is 5.41 Å². The van der Waals surface area contributed by atoms with Gasteiger partial charge in [-0.3, -0.25) is 10.1 Å². The maximum absolute atomic E-state index is 11.2. The lowest BCUT2D eigenvalue weighted by molar-refractivity contribution is 0.147. The number of amides is 1. The molecule has 0 aromatic heterocycles. The Labute approximate surface area is 127 Å². The van der Waals surface area contributed by atoms with Gasteiger partial charge in [-0.15, -0.1) is 24.0 Å². The predicted molar refractivity (Wildman–Crippen MR) is 82.4 cm³/mol. The monoisotopic (exact) mass is 382 g/mol. The van der Waals surface area contributed by atoms with Crippen molar-refractivity contribution in [2.75, 3.05) is 12.9 Å². The van der Waals surface area contributed by atoms with E-state index in [9.17, 15) is 4.79 Å². The zero-order valence-electron chi connectivity index (χ0n) is 9.84. The van der Waals surface area contributed by atoms with Crippen LogP contribution in [0.15, 0.2) is 30.3 Å². The van der Waals surface area contributed by atoms with Crippen LogP contribution in [0.25, 0.3) is 0 Å². The summed E-state index contributed by atoms with van der Waals surface area (Å²) in [5, 5.41) is 7.18. The van der Waals surface area contributed by atoms with Gasteiger partial charge in [-0.25, -0.2) is 4.79 Å². The van der Waals surface area contributed by atoms with E-state index in [-0.39, 0.29) is 42.2 Å². The van der Waals surface area contributed by atoms with E-state index in [1.165, 1.54) is 7.11 Å². The van der Waals surface area contributed by atoms with Crippen molar-refractivity contribution >= 4 is 47.9 Å². The topological polar surface area (TPSA) is 71.4 Å². The molecule has 1 aromatic rings. The van der Waals surface area contributed by atoms with Crippen LogP contribution in [0.2, 0.25) is 0 Å². The Balaban J connectivity index is 0.00000289. The molecular weight excluding hydrogens is 367 g/mol. The molecular formula is C11H15IN2O3S. The molecule has 0 bridgehead atoms. The fraction of sp³-hybridized carbons (Fsp3) is 0.273. The van der Waals surface area contributed by atoms with Crippen LogP contribution in [0.5, 0.6) is 0 Å². The van der Waals surface area contributed by atoms with Gasteiger partial charge in [-0.05, 0) is 17.5 Å². The molecule has 0 atom stereocenters. The van der Waals surface area contributed by atoms with Crippen LogP contribution in [0.3, 0.4) is 0 Å². The van der Waals surface area contributed by atoms with Gasteiger partial charge in [0.2, 0.25) is 0 Å². The molecule has 1 rings (SSSR count). The summed E-state index contributed by atoms with van der Waals surface area (Å²) in [6.45, 7) is 0.231. The fourth-order valence-electron chi connectivity index (χ4n) is 0.972. The standard InChI is InChI=1S/C11H14N2O3S.HI/c1-15-10(12)8-17-13-11(14)16-7-9-5-3-2-4-6-9;/h2-6,12H,7-8H2,1H3,(H,13,14);1H. The maximum atomic E-state index is 11.2. The van der Waals surface area contributed by atoms with Crippen molar-refractivity contribution in [1.82, 2.24) is 4.72 Å². The maximum Gasteiger partial charge on any atom is 0.417 e. The van der Waals surface area contributed by atoms with Crippen LogP contribution in [0.4, 0.5) is 4.79 Å². The second kappa shape index (κ2) is 10.0. The minimum atomic E-state index is -0.525. The number of methoxy groups -OCH3 is 1. The highest BCUT2D eigenvalue weighted by molar-refractivity contribution is 14.0. The van der Waals surface area contributed by atoms with E-state index < -0.39 is 6.09 Å².